The number of carbonyl (C=O) groups excluding carboxylic acids is 1. The zero-order chi connectivity index (χ0) is 17.8. The molecule has 0 aromatic heterocycles. The van der Waals surface area contributed by atoms with Crippen molar-refractivity contribution in [3.8, 4) is 0 Å². The Balaban J connectivity index is 0.000000841. The molecule has 0 fully saturated rings. The lowest BCUT2D eigenvalue weighted by Crippen LogP contribution is -2.23. The molecule has 8 nitrogen and oxygen atoms in total. The number of benzene rings is 1. The van der Waals surface area contributed by atoms with E-state index in [1.54, 1.807) is 18.2 Å². The topological polar surface area (TPSA) is 154 Å². The standard InChI is InChI=1S/C14H18O4.CH6N4/c1-3-4-9-13(18-10(2)15)11-7-5-6-8-12(11)14(16)17;2-1(3)5-4/h5-8,13H,3-4,9H2,1-2H3,(H,16,17);4H2,(H4,2,3,5)/t13-;/m0./s1. The Morgan fingerprint density at radius 3 is 2.30 bits per heavy atom. The van der Waals surface area contributed by atoms with E-state index in [-0.39, 0.29) is 11.5 Å². The second-order valence-electron chi connectivity index (χ2n) is 4.69. The van der Waals surface area contributed by atoms with E-state index >= 15 is 0 Å². The van der Waals surface area contributed by atoms with Crippen LogP contribution in [0.4, 0.5) is 0 Å². The van der Waals surface area contributed by atoms with E-state index < -0.39 is 18.0 Å². The molecule has 1 rings (SSSR count). The van der Waals surface area contributed by atoms with Gasteiger partial charge in [-0.1, -0.05) is 31.5 Å². The number of hydrazone groups is 1. The minimum absolute atomic E-state index is 0.0926. The third-order valence-corrected chi connectivity index (χ3v) is 2.82. The van der Waals surface area contributed by atoms with Crippen LogP contribution in [0.15, 0.2) is 29.4 Å². The van der Waals surface area contributed by atoms with Gasteiger partial charge in [-0.25, -0.2) is 4.79 Å². The van der Waals surface area contributed by atoms with Crippen molar-refractivity contribution in [2.45, 2.75) is 39.2 Å². The zero-order valence-corrected chi connectivity index (χ0v) is 13.4. The van der Waals surface area contributed by atoms with Gasteiger partial charge < -0.3 is 27.2 Å². The highest BCUT2D eigenvalue weighted by molar-refractivity contribution is 5.89. The molecule has 0 unspecified atom stereocenters. The van der Waals surface area contributed by atoms with E-state index in [0.717, 1.165) is 12.8 Å². The molecule has 1 atom stereocenters. The van der Waals surface area contributed by atoms with E-state index in [1.807, 2.05) is 6.92 Å². The quantitative estimate of drug-likeness (QED) is 0.202. The van der Waals surface area contributed by atoms with Gasteiger partial charge in [0.15, 0.2) is 0 Å². The first-order valence-corrected chi connectivity index (χ1v) is 7.11. The molecule has 0 saturated heterocycles. The monoisotopic (exact) mass is 324 g/mol. The van der Waals surface area contributed by atoms with Gasteiger partial charge in [-0.3, -0.25) is 4.79 Å². The third kappa shape index (κ3) is 8.30. The summed E-state index contributed by atoms with van der Waals surface area (Å²) in [4.78, 5) is 22.2. The average Bonchev–Trinajstić information content (AvgIpc) is 2.51. The van der Waals surface area contributed by atoms with Crippen molar-refractivity contribution in [2.75, 3.05) is 0 Å². The van der Waals surface area contributed by atoms with Gasteiger partial charge >= 0.3 is 11.9 Å². The number of carboxylic acid groups (broad SMARTS) is 1. The molecule has 0 radical (unpaired) electrons. The molecule has 23 heavy (non-hydrogen) atoms. The predicted molar refractivity (Wildman–Crippen MR) is 87.4 cm³/mol. The lowest BCUT2D eigenvalue weighted by Gasteiger charge is -2.18. The van der Waals surface area contributed by atoms with Crippen molar-refractivity contribution in [2.24, 2.45) is 22.4 Å². The van der Waals surface area contributed by atoms with Crippen molar-refractivity contribution < 1.29 is 19.4 Å². The Hall–Kier alpha value is -2.77. The highest BCUT2D eigenvalue weighted by Gasteiger charge is 2.20. The first-order valence-electron chi connectivity index (χ1n) is 7.11. The maximum atomic E-state index is 11.1. The fraction of sp³-hybridized carbons (Fsp3) is 0.400. The van der Waals surface area contributed by atoms with Gasteiger partial charge in [0, 0.05) is 12.5 Å². The summed E-state index contributed by atoms with van der Waals surface area (Å²) in [7, 11) is 0. The summed E-state index contributed by atoms with van der Waals surface area (Å²) in [5, 5.41) is 12.0. The number of guanidine groups is 1. The van der Waals surface area contributed by atoms with Gasteiger partial charge in [-0.2, -0.15) is 0 Å². The number of hydrogen-bond acceptors (Lipinski definition) is 5. The van der Waals surface area contributed by atoms with Crippen molar-refractivity contribution >= 4 is 17.9 Å². The smallest absolute Gasteiger partial charge is 0.336 e. The SMILES string of the molecule is CCCC[C@H](OC(C)=O)c1ccccc1C(=O)O.NN=C(N)N. The molecule has 0 bridgehead atoms. The lowest BCUT2D eigenvalue weighted by atomic mass is 9.98. The molecular weight excluding hydrogens is 300 g/mol. The van der Waals surface area contributed by atoms with Crippen molar-refractivity contribution in [1.82, 2.24) is 0 Å². The number of carbonyl (C=O) groups is 2. The molecule has 0 aliphatic rings. The Morgan fingerprint density at radius 2 is 1.87 bits per heavy atom. The number of esters is 1. The molecule has 0 aliphatic heterocycles. The Morgan fingerprint density at radius 1 is 1.30 bits per heavy atom. The third-order valence-electron chi connectivity index (χ3n) is 2.82. The molecule has 1 aromatic carbocycles. The van der Waals surface area contributed by atoms with Crippen LogP contribution in [0.3, 0.4) is 0 Å². The van der Waals surface area contributed by atoms with E-state index in [4.69, 9.17) is 21.3 Å². The van der Waals surface area contributed by atoms with Crippen LogP contribution in [-0.2, 0) is 9.53 Å². The van der Waals surface area contributed by atoms with E-state index in [2.05, 4.69) is 10.9 Å². The van der Waals surface area contributed by atoms with Crippen LogP contribution in [-0.4, -0.2) is 23.0 Å². The number of rotatable bonds is 6. The molecule has 0 heterocycles. The van der Waals surface area contributed by atoms with Gasteiger partial charge in [0.2, 0.25) is 5.96 Å². The number of unbranched alkanes of at least 4 members (excludes halogenated alkanes) is 1. The summed E-state index contributed by atoms with van der Waals surface area (Å²) in [6.45, 7) is 3.37. The van der Waals surface area contributed by atoms with Gasteiger partial charge in [-0.15, -0.1) is 5.10 Å². The summed E-state index contributed by atoms with van der Waals surface area (Å²) in [6, 6.07) is 6.65. The second kappa shape index (κ2) is 10.9. The summed E-state index contributed by atoms with van der Waals surface area (Å²) in [5.74, 6) is 3.02. The van der Waals surface area contributed by atoms with Crippen LogP contribution in [0.2, 0.25) is 0 Å². The van der Waals surface area contributed by atoms with Gasteiger partial charge in [-0.05, 0) is 18.9 Å². The number of nitrogens with zero attached hydrogens (tertiary/aromatic N) is 1. The molecule has 0 aliphatic carbocycles. The van der Waals surface area contributed by atoms with Crippen LogP contribution < -0.4 is 17.3 Å². The summed E-state index contributed by atoms with van der Waals surface area (Å²) >= 11 is 0. The number of hydrogen-bond donors (Lipinski definition) is 4. The van der Waals surface area contributed by atoms with Crippen LogP contribution >= 0.6 is 0 Å². The van der Waals surface area contributed by atoms with E-state index in [9.17, 15) is 9.59 Å². The maximum Gasteiger partial charge on any atom is 0.336 e. The van der Waals surface area contributed by atoms with Crippen molar-refractivity contribution in [3.63, 3.8) is 0 Å². The Kier molecular flexibility index (Phi) is 9.57. The first kappa shape index (κ1) is 20.2. The maximum absolute atomic E-state index is 11.1. The summed E-state index contributed by atoms with van der Waals surface area (Å²) < 4.78 is 5.23. The Labute approximate surface area is 135 Å². The minimum atomic E-state index is -1.00. The van der Waals surface area contributed by atoms with Crippen LogP contribution in [0, 0.1) is 0 Å². The van der Waals surface area contributed by atoms with Crippen molar-refractivity contribution in [1.29, 1.82) is 0 Å². The average molecular weight is 324 g/mol. The molecule has 0 spiro atoms. The lowest BCUT2D eigenvalue weighted by molar-refractivity contribution is -0.147. The van der Waals surface area contributed by atoms with Crippen LogP contribution in [0.25, 0.3) is 0 Å². The van der Waals surface area contributed by atoms with Crippen molar-refractivity contribution in [3.05, 3.63) is 35.4 Å². The Bertz CT molecular complexity index is 542. The van der Waals surface area contributed by atoms with E-state index in [0.29, 0.717) is 12.0 Å². The van der Waals surface area contributed by atoms with Crippen LogP contribution in [0.5, 0.6) is 0 Å². The highest BCUT2D eigenvalue weighted by atomic mass is 16.5. The largest absolute Gasteiger partial charge is 0.478 e. The number of nitrogens with two attached hydrogens (primary N) is 3. The summed E-state index contributed by atoms with van der Waals surface area (Å²) in [5.41, 5.74) is 10.1. The van der Waals surface area contributed by atoms with Gasteiger partial charge in [0.05, 0.1) is 5.56 Å². The van der Waals surface area contributed by atoms with Gasteiger partial charge in [0.25, 0.3) is 0 Å². The molecular formula is C15H24N4O4. The highest BCUT2D eigenvalue weighted by Crippen LogP contribution is 2.26. The minimum Gasteiger partial charge on any atom is -0.478 e. The molecule has 0 amide bonds. The molecule has 0 saturated carbocycles. The first-order chi connectivity index (χ1) is 10.8. The number of ether oxygens (including phenoxy) is 1. The number of carboxylic acids is 1. The normalized spacial score (nSPS) is 10.7. The fourth-order valence-corrected chi connectivity index (χ4v) is 1.84. The van der Waals surface area contributed by atoms with E-state index in [1.165, 1.54) is 13.0 Å². The fourth-order valence-electron chi connectivity index (χ4n) is 1.84. The molecule has 7 N–H and O–H groups in total. The molecule has 128 valence electrons. The molecule has 8 heteroatoms. The second-order valence-corrected chi connectivity index (χ2v) is 4.69. The zero-order valence-electron chi connectivity index (χ0n) is 13.4. The number of aromatic carboxylic acids is 1. The summed E-state index contributed by atoms with van der Waals surface area (Å²) in [6.07, 6.45) is 2.01. The van der Waals surface area contributed by atoms with Crippen LogP contribution in [0.1, 0.15) is 55.1 Å². The predicted octanol–water partition coefficient (Wildman–Crippen LogP) is 1.31. The molecule has 1 aromatic rings. The van der Waals surface area contributed by atoms with Gasteiger partial charge in [0.1, 0.15) is 6.10 Å².